The molecule has 2 N–H and O–H groups in total. The number of rotatable bonds is 5. The Morgan fingerprint density at radius 3 is 2.63 bits per heavy atom. The molecule has 1 aromatic carbocycles. The molecule has 2 unspecified atom stereocenters. The fourth-order valence-corrected chi connectivity index (χ4v) is 4.46. The molecule has 0 heterocycles. The maximum Gasteiger partial charge on any atom is 0.0501 e. The minimum absolute atomic E-state index is 0.0728. The topological polar surface area (TPSA) is 43.1 Å². The van der Waals surface area contributed by atoms with Gasteiger partial charge in [-0.3, -0.25) is 4.21 Å². The van der Waals surface area contributed by atoms with E-state index < -0.39 is 10.8 Å². The largest absolute Gasteiger partial charge is 0.327 e. The Bertz CT molecular complexity index is 432. The monoisotopic (exact) mass is 299 g/mol. The molecule has 0 radical (unpaired) electrons. The summed E-state index contributed by atoms with van der Waals surface area (Å²) in [4.78, 5) is 0. The van der Waals surface area contributed by atoms with Crippen molar-refractivity contribution in [2.45, 2.75) is 43.9 Å². The van der Waals surface area contributed by atoms with Crippen molar-refractivity contribution in [3.8, 4) is 0 Å². The van der Waals surface area contributed by atoms with E-state index in [2.05, 4.69) is 0 Å². The Kier molecular flexibility index (Phi) is 5.86. The second kappa shape index (κ2) is 7.41. The van der Waals surface area contributed by atoms with E-state index in [9.17, 15) is 4.21 Å². The molecule has 2 rings (SSSR count). The van der Waals surface area contributed by atoms with E-state index in [0.717, 1.165) is 5.56 Å². The van der Waals surface area contributed by atoms with E-state index in [4.69, 9.17) is 17.3 Å². The molecule has 1 saturated carbocycles. The Morgan fingerprint density at radius 1 is 1.26 bits per heavy atom. The molecule has 0 aromatic heterocycles. The first-order valence-electron chi connectivity index (χ1n) is 7.01. The van der Waals surface area contributed by atoms with Crippen molar-refractivity contribution in [1.82, 2.24) is 0 Å². The minimum Gasteiger partial charge on any atom is -0.327 e. The average Bonchev–Trinajstić information content (AvgIpc) is 2.42. The highest BCUT2D eigenvalue weighted by atomic mass is 35.5. The van der Waals surface area contributed by atoms with Crippen molar-refractivity contribution < 1.29 is 4.21 Å². The first kappa shape index (κ1) is 15.0. The molecule has 0 spiro atoms. The molecule has 1 aliphatic rings. The molecule has 1 aliphatic carbocycles. The van der Waals surface area contributed by atoms with Crippen molar-refractivity contribution >= 4 is 22.4 Å². The summed E-state index contributed by atoms with van der Waals surface area (Å²) in [5, 5.41) is 0.696. The summed E-state index contributed by atoms with van der Waals surface area (Å²) < 4.78 is 12.2. The van der Waals surface area contributed by atoms with Gasteiger partial charge in [0.2, 0.25) is 0 Å². The van der Waals surface area contributed by atoms with Crippen molar-refractivity contribution in [3.63, 3.8) is 0 Å². The van der Waals surface area contributed by atoms with Crippen molar-refractivity contribution in [2.75, 3.05) is 5.75 Å². The Morgan fingerprint density at radius 2 is 1.95 bits per heavy atom. The summed E-state index contributed by atoms with van der Waals surface area (Å²) in [6.45, 7) is 0. The highest BCUT2D eigenvalue weighted by Crippen LogP contribution is 2.26. The smallest absolute Gasteiger partial charge is 0.0501 e. The number of halogens is 1. The summed E-state index contributed by atoms with van der Waals surface area (Å²) in [6, 6.07) is 7.67. The third-order valence-corrected chi connectivity index (χ3v) is 5.67. The number of benzene rings is 1. The summed E-state index contributed by atoms with van der Waals surface area (Å²) in [6.07, 6.45) is 6.27. The van der Waals surface area contributed by atoms with Gasteiger partial charge in [-0.15, -0.1) is 0 Å². The molecule has 0 aliphatic heterocycles. The zero-order valence-corrected chi connectivity index (χ0v) is 12.8. The summed E-state index contributed by atoms with van der Waals surface area (Å²) in [5.41, 5.74) is 7.17. The number of hydrogen-bond donors (Lipinski definition) is 1. The van der Waals surface area contributed by atoms with Crippen LogP contribution in [-0.4, -0.2) is 16.0 Å². The standard InChI is InChI=1S/C15H22ClNOS/c16-14-9-5-4-8-13(14)10-19(18)11-15(17)12-6-2-1-3-7-12/h4-5,8-9,12,15H,1-3,6-7,10-11,17H2. The lowest BCUT2D eigenvalue weighted by Gasteiger charge is -2.27. The second-order valence-corrected chi connectivity index (χ2v) is 7.31. The highest BCUT2D eigenvalue weighted by Gasteiger charge is 2.22. The first-order chi connectivity index (χ1) is 9.16. The Balaban J connectivity index is 1.85. The van der Waals surface area contributed by atoms with Crippen LogP contribution in [0, 0.1) is 5.92 Å². The Labute approximate surface area is 123 Å². The van der Waals surface area contributed by atoms with Gasteiger partial charge in [0.05, 0.1) is 5.75 Å². The van der Waals surface area contributed by atoms with Crippen LogP contribution in [0.5, 0.6) is 0 Å². The van der Waals surface area contributed by atoms with Crippen molar-refractivity contribution in [3.05, 3.63) is 34.9 Å². The van der Waals surface area contributed by atoms with E-state index in [0.29, 0.717) is 22.4 Å². The average molecular weight is 300 g/mol. The predicted molar refractivity (Wildman–Crippen MR) is 82.7 cm³/mol. The number of hydrogen-bond acceptors (Lipinski definition) is 2. The molecule has 0 amide bonds. The lowest BCUT2D eigenvalue weighted by Crippen LogP contribution is -2.36. The van der Waals surface area contributed by atoms with Crippen LogP contribution in [0.2, 0.25) is 5.02 Å². The molecule has 106 valence electrons. The quantitative estimate of drug-likeness (QED) is 0.904. The zero-order chi connectivity index (χ0) is 13.7. The van der Waals surface area contributed by atoms with Crippen molar-refractivity contribution in [1.29, 1.82) is 0 Å². The van der Waals surface area contributed by atoms with Crippen LogP contribution >= 0.6 is 11.6 Å². The van der Waals surface area contributed by atoms with Crippen LogP contribution in [0.1, 0.15) is 37.7 Å². The fraction of sp³-hybridized carbons (Fsp3) is 0.600. The van der Waals surface area contributed by atoms with Crippen LogP contribution < -0.4 is 5.73 Å². The van der Waals surface area contributed by atoms with Gasteiger partial charge in [0.1, 0.15) is 0 Å². The number of nitrogens with two attached hydrogens (primary N) is 1. The van der Waals surface area contributed by atoms with Gasteiger partial charge in [-0.25, -0.2) is 0 Å². The predicted octanol–water partition coefficient (Wildman–Crippen LogP) is 3.50. The molecule has 4 heteroatoms. The molecular formula is C15H22ClNOS. The van der Waals surface area contributed by atoms with E-state index >= 15 is 0 Å². The summed E-state index contributed by atoms with van der Waals surface area (Å²) >= 11 is 6.09. The second-order valence-electron chi connectivity index (χ2n) is 5.40. The van der Waals surface area contributed by atoms with E-state index in [1.54, 1.807) is 0 Å². The molecule has 0 saturated heterocycles. The van der Waals surface area contributed by atoms with Gasteiger partial charge in [-0.05, 0) is 30.4 Å². The van der Waals surface area contributed by atoms with Gasteiger partial charge in [0.15, 0.2) is 0 Å². The lowest BCUT2D eigenvalue weighted by molar-refractivity contribution is 0.318. The van der Waals surface area contributed by atoms with E-state index in [1.165, 1.54) is 32.1 Å². The van der Waals surface area contributed by atoms with Gasteiger partial charge in [-0.2, -0.15) is 0 Å². The van der Waals surface area contributed by atoms with Gasteiger partial charge >= 0.3 is 0 Å². The van der Waals surface area contributed by atoms with Crippen LogP contribution in [-0.2, 0) is 16.6 Å². The Hall–Kier alpha value is -0.380. The summed E-state index contributed by atoms with van der Waals surface area (Å²) in [7, 11) is -0.922. The first-order valence-corrected chi connectivity index (χ1v) is 8.87. The van der Waals surface area contributed by atoms with E-state index in [1.807, 2.05) is 24.3 Å². The molecule has 1 aromatic rings. The van der Waals surface area contributed by atoms with Crippen LogP contribution in [0.15, 0.2) is 24.3 Å². The molecule has 2 nitrogen and oxygen atoms in total. The SMILES string of the molecule is NC(CS(=O)Cc1ccccc1Cl)C1CCCCC1. The molecule has 1 fully saturated rings. The van der Waals surface area contributed by atoms with Crippen LogP contribution in [0.4, 0.5) is 0 Å². The molecular weight excluding hydrogens is 278 g/mol. The van der Waals surface area contributed by atoms with Gasteiger partial charge < -0.3 is 5.73 Å². The lowest BCUT2D eigenvalue weighted by atomic mass is 9.85. The maximum atomic E-state index is 12.2. The van der Waals surface area contributed by atoms with E-state index in [-0.39, 0.29) is 6.04 Å². The highest BCUT2D eigenvalue weighted by molar-refractivity contribution is 7.84. The van der Waals surface area contributed by atoms with Gasteiger partial charge in [0.25, 0.3) is 0 Å². The molecule has 0 bridgehead atoms. The molecule has 19 heavy (non-hydrogen) atoms. The maximum absolute atomic E-state index is 12.2. The van der Waals surface area contributed by atoms with Gasteiger partial charge in [0, 0.05) is 27.6 Å². The fourth-order valence-electron chi connectivity index (χ4n) is 2.76. The van der Waals surface area contributed by atoms with Crippen LogP contribution in [0.3, 0.4) is 0 Å². The minimum atomic E-state index is -0.922. The molecule has 2 atom stereocenters. The normalized spacial score (nSPS) is 20.1. The zero-order valence-electron chi connectivity index (χ0n) is 11.2. The van der Waals surface area contributed by atoms with Crippen LogP contribution in [0.25, 0.3) is 0 Å². The third kappa shape index (κ3) is 4.59. The third-order valence-electron chi connectivity index (χ3n) is 3.91. The van der Waals surface area contributed by atoms with Crippen molar-refractivity contribution in [2.24, 2.45) is 11.7 Å². The van der Waals surface area contributed by atoms with Gasteiger partial charge in [-0.1, -0.05) is 49.1 Å². The summed E-state index contributed by atoms with van der Waals surface area (Å²) in [5.74, 6) is 1.67.